The second-order valence-corrected chi connectivity index (χ2v) is 3.58. The average Bonchev–Trinajstić information content (AvgIpc) is 2.35. The number of hydrogen-bond acceptors (Lipinski definition) is 2. The first-order valence-electron chi connectivity index (χ1n) is 3.20. The minimum atomic E-state index is -1.09. The molecule has 2 atom stereocenters. The molecule has 0 aliphatic carbocycles. The van der Waals surface area contributed by atoms with Crippen LogP contribution in [0.4, 0.5) is 0 Å². The van der Waals surface area contributed by atoms with Crippen LogP contribution in [0, 0.1) is 0 Å². The molecule has 2 aliphatic heterocycles. The van der Waals surface area contributed by atoms with Crippen molar-refractivity contribution in [1.82, 2.24) is 4.31 Å². The van der Waals surface area contributed by atoms with Crippen molar-refractivity contribution in [2.45, 2.75) is 18.9 Å². The summed E-state index contributed by atoms with van der Waals surface area (Å²) in [6.45, 7) is 1.63. The predicted molar refractivity (Wildman–Crippen MR) is 33.8 cm³/mol. The molecule has 0 aromatic heterocycles. The zero-order valence-corrected chi connectivity index (χ0v) is 5.89. The summed E-state index contributed by atoms with van der Waals surface area (Å²) in [6.07, 6.45) is 2.34. The molecule has 2 fully saturated rings. The maximum atomic E-state index is 10.9. The SMILES string of the molecule is O=S1OC[C@@H]2CCCN21. The quantitative estimate of drug-likeness (QED) is 0.485. The lowest BCUT2D eigenvalue weighted by Gasteiger charge is -2.06. The molecule has 1 unspecified atom stereocenters. The first kappa shape index (κ1) is 5.82. The summed E-state index contributed by atoms with van der Waals surface area (Å²) in [5.74, 6) is 0. The highest BCUT2D eigenvalue weighted by molar-refractivity contribution is 7.78. The molecule has 0 saturated carbocycles. The standard InChI is InChI=1S/C5H9NO2S/c7-9-6-3-1-2-5(6)4-8-9/h5H,1-4H2/t5-,9?/m0/s1. The van der Waals surface area contributed by atoms with Gasteiger partial charge in [0.05, 0.1) is 6.61 Å². The molecule has 9 heavy (non-hydrogen) atoms. The largest absolute Gasteiger partial charge is 0.276 e. The van der Waals surface area contributed by atoms with E-state index in [1.165, 1.54) is 6.42 Å². The molecule has 0 amide bonds. The maximum absolute atomic E-state index is 10.9. The molecule has 3 nitrogen and oxygen atoms in total. The van der Waals surface area contributed by atoms with Crippen molar-refractivity contribution in [1.29, 1.82) is 0 Å². The fourth-order valence-corrected chi connectivity index (χ4v) is 2.47. The van der Waals surface area contributed by atoms with Crippen molar-refractivity contribution in [3.8, 4) is 0 Å². The Morgan fingerprint density at radius 1 is 1.67 bits per heavy atom. The van der Waals surface area contributed by atoms with Crippen molar-refractivity contribution in [3.63, 3.8) is 0 Å². The minimum Gasteiger partial charge on any atom is -0.276 e. The Balaban J connectivity index is 2.15. The van der Waals surface area contributed by atoms with Gasteiger partial charge in [-0.25, -0.2) is 4.21 Å². The van der Waals surface area contributed by atoms with Gasteiger partial charge in [0.2, 0.25) is 11.3 Å². The fourth-order valence-electron chi connectivity index (χ4n) is 1.38. The van der Waals surface area contributed by atoms with Crippen LogP contribution in [0.2, 0.25) is 0 Å². The smallest absolute Gasteiger partial charge is 0.237 e. The summed E-state index contributed by atoms with van der Waals surface area (Å²) in [4.78, 5) is 0. The van der Waals surface area contributed by atoms with E-state index in [2.05, 4.69) is 0 Å². The second-order valence-electron chi connectivity index (χ2n) is 2.44. The van der Waals surface area contributed by atoms with Crippen molar-refractivity contribution in [3.05, 3.63) is 0 Å². The maximum Gasteiger partial charge on any atom is 0.237 e. The van der Waals surface area contributed by atoms with Crippen LogP contribution in [0.3, 0.4) is 0 Å². The predicted octanol–water partition coefficient (Wildman–Crippen LogP) is 0.0597. The molecule has 0 radical (unpaired) electrons. The van der Waals surface area contributed by atoms with Gasteiger partial charge in [0.1, 0.15) is 0 Å². The molecule has 0 N–H and O–H groups in total. The van der Waals surface area contributed by atoms with Gasteiger partial charge in [0.25, 0.3) is 0 Å². The molecule has 4 heteroatoms. The van der Waals surface area contributed by atoms with Gasteiger partial charge in [-0.1, -0.05) is 0 Å². The summed E-state index contributed by atoms with van der Waals surface area (Å²) >= 11 is -1.09. The number of rotatable bonds is 0. The molecular formula is C5H9NO2S. The highest BCUT2D eigenvalue weighted by Gasteiger charge is 2.35. The van der Waals surface area contributed by atoms with Crippen molar-refractivity contribution in [2.75, 3.05) is 13.2 Å². The van der Waals surface area contributed by atoms with Gasteiger partial charge in [0.15, 0.2) is 0 Å². The third-order valence-electron chi connectivity index (χ3n) is 1.88. The van der Waals surface area contributed by atoms with Crippen molar-refractivity contribution >= 4 is 11.3 Å². The van der Waals surface area contributed by atoms with E-state index in [9.17, 15) is 4.21 Å². The van der Waals surface area contributed by atoms with E-state index >= 15 is 0 Å². The Hall–Kier alpha value is 0.0700. The molecule has 2 heterocycles. The van der Waals surface area contributed by atoms with E-state index in [1.807, 2.05) is 4.31 Å². The second kappa shape index (κ2) is 2.04. The van der Waals surface area contributed by atoms with Gasteiger partial charge in [-0.2, -0.15) is 4.31 Å². The Bertz CT molecular complexity index is 150. The van der Waals surface area contributed by atoms with E-state index in [0.717, 1.165) is 13.0 Å². The van der Waals surface area contributed by atoms with Gasteiger partial charge in [-0.15, -0.1) is 0 Å². The Labute approximate surface area is 56.8 Å². The lowest BCUT2D eigenvalue weighted by Crippen LogP contribution is -2.23. The molecule has 2 aliphatic rings. The van der Waals surface area contributed by atoms with Crippen LogP contribution < -0.4 is 0 Å². The first-order chi connectivity index (χ1) is 4.38. The average molecular weight is 147 g/mol. The van der Waals surface area contributed by atoms with Crippen LogP contribution in [0.1, 0.15) is 12.8 Å². The van der Waals surface area contributed by atoms with Crippen LogP contribution in [0.15, 0.2) is 0 Å². The third kappa shape index (κ3) is 0.818. The van der Waals surface area contributed by atoms with E-state index in [1.54, 1.807) is 0 Å². The van der Waals surface area contributed by atoms with Gasteiger partial charge in [-0.05, 0) is 12.8 Å². The minimum absolute atomic E-state index is 0.464. The van der Waals surface area contributed by atoms with Crippen LogP contribution in [-0.4, -0.2) is 27.7 Å². The molecule has 0 aromatic carbocycles. The third-order valence-corrected chi connectivity index (χ3v) is 3.08. The van der Waals surface area contributed by atoms with Crippen molar-refractivity contribution in [2.24, 2.45) is 0 Å². The molecule has 0 bridgehead atoms. The Morgan fingerprint density at radius 2 is 2.56 bits per heavy atom. The Morgan fingerprint density at radius 3 is 3.33 bits per heavy atom. The number of fused-ring (bicyclic) bond motifs is 1. The first-order valence-corrected chi connectivity index (χ1v) is 4.23. The van der Waals surface area contributed by atoms with Gasteiger partial charge in [0, 0.05) is 12.6 Å². The highest BCUT2D eigenvalue weighted by Crippen LogP contribution is 2.25. The highest BCUT2D eigenvalue weighted by atomic mass is 32.2. The topological polar surface area (TPSA) is 29.5 Å². The monoisotopic (exact) mass is 147 g/mol. The number of nitrogens with zero attached hydrogens (tertiary/aromatic N) is 1. The van der Waals surface area contributed by atoms with Crippen LogP contribution >= 0.6 is 0 Å². The zero-order chi connectivity index (χ0) is 6.27. The van der Waals surface area contributed by atoms with Gasteiger partial charge < -0.3 is 0 Å². The van der Waals surface area contributed by atoms with Gasteiger partial charge >= 0.3 is 0 Å². The Kier molecular flexibility index (Phi) is 1.32. The lowest BCUT2D eigenvalue weighted by molar-refractivity contribution is 0.340. The van der Waals surface area contributed by atoms with E-state index < -0.39 is 11.3 Å². The number of hydrogen-bond donors (Lipinski definition) is 0. The van der Waals surface area contributed by atoms with E-state index in [0.29, 0.717) is 12.6 Å². The molecule has 52 valence electrons. The summed E-state index contributed by atoms with van der Waals surface area (Å²) in [5, 5.41) is 0. The van der Waals surface area contributed by atoms with Crippen molar-refractivity contribution < 1.29 is 8.39 Å². The molecule has 2 rings (SSSR count). The normalized spacial score (nSPS) is 43.6. The van der Waals surface area contributed by atoms with Crippen LogP contribution in [-0.2, 0) is 15.4 Å². The van der Waals surface area contributed by atoms with E-state index in [4.69, 9.17) is 4.18 Å². The summed E-state index contributed by atoms with van der Waals surface area (Å²) in [7, 11) is 0. The lowest BCUT2D eigenvalue weighted by atomic mass is 10.2. The molecule has 2 saturated heterocycles. The summed E-state index contributed by atoms with van der Waals surface area (Å²) in [6, 6.07) is 0.464. The fraction of sp³-hybridized carbons (Fsp3) is 1.00. The van der Waals surface area contributed by atoms with Crippen LogP contribution in [0.5, 0.6) is 0 Å². The summed E-state index contributed by atoms with van der Waals surface area (Å²) in [5.41, 5.74) is 0. The van der Waals surface area contributed by atoms with Gasteiger partial charge in [-0.3, -0.25) is 4.18 Å². The zero-order valence-electron chi connectivity index (χ0n) is 5.08. The van der Waals surface area contributed by atoms with E-state index in [-0.39, 0.29) is 0 Å². The molecule has 0 spiro atoms. The summed E-state index contributed by atoms with van der Waals surface area (Å²) < 4.78 is 17.7. The van der Waals surface area contributed by atoms with Crippen LogP contribution in [0.25, 0.3) is 0 Å². The molecular weight excluding hydrogens is 138 g/mol. The molecule has 0 aromatic rings.